The molecule has 2 saturated carbocycles. The van der Waals surface area contributed by atoms with Gasteiger partial charge in [-0.3, -0.25) is 0 Å². The van der Waals surface area contributed by atoms with Gasteiger partial charge in [0.1, 0.15) is 0 Å². The predicted octanol–water partition coefficient (Wildman–Crippen LogP) is 5.42. The van der Waals surface area contributed by atoms with E-state index < -0.39 is 0 Å². The van der Waals surface area contributed by atoms with Crippen molar-refractivity contribution in [2.24, 2.45) is 10.8 Å². The van der Waals surface area contributed by atoms with Gasteiger partial charge in [0.15, 0.2) is 0 Å². The fourth-order valence-corrected chi connectivity index (χ4v) is 3.46. The first-order valence-electron chi connectivity index (χ1n) is 6.62. The lowest BCUT2D eigenvalue weighted by atomic mass is 9.54. The van der Waals surface area contributed by atoms with Gasteiger partial charge in [-0.2, -0.15) is 0 Å². The molecule has 0 aliphatic heterocycles. The van der Waals surface area contributed by atoms with Crippen LogP contribution in [-0.4, -0.2) is 0 Å². The van der Waals surface area contributed by atoms with Gasteiger partial charge in [-0.1, -0.05) is 54.4 Å². The standard InChI is InChI=1S/C10H18.2C2H6/c1-9(2)7-10(8-9)5-3-4-6-10;2*1-2/h3-8H2,1-2H3;2*1-2H3. The first-order chi connectivity index (χ1) is 6.62. The Balaban J connectivity index is 0.000000379. The molecule has 0 N–H and O–H groups in total. The van der Waals surface area contributed by atoms with Crippen molar-refractivity contribution < 1.29 is 0 Å². The lowest BCUT2D eigenvalue weighted by Crippen LogP contribution is -2.40. The van der Waals surface area contributed by atoms with Crippen molar-refractivity contribution >= 4 is 0 Å². The highest BCUT2D eigenvalue weighted by Crippen LogP contribution is 2.61. The van der Waals surface area contributed by atoms with E-state index in [0.29, 0.717) is 5.41 Å². The van der Waals surface area contributed by atoms with Crippen LogP contribution in [0.3, 0.4) is 0 Å². The molecule has 0 aromatic rings. The Morgan fingerprint density at radius 2 is 1.07 bits per heavy atom. The average molecular weight is 198 g/mol. The minimum absolute atomic E-state index is 0.699. The van der Waals surface area contributed by atoms with Crippen molar-refractivity contribution in [3.05, 3.63) is 0 Å². The van der Waals surface area contributed by atoms with Crippen molar-refractivity contribution in [1.29, 1.82) is 0 Å². The maximum absolute atomic E-state index is 2.41. The fourth-order valence-electron chi connectivity index (χ4n) is 3.46. The summed E-state index contributed by atoms with van der Waals surface area (Å²) in [5.74, 6) is 0. The molecule has 0 amide bonds. The average Bonchev–Trinajstić information content (AvgIpc) is 2.58. The third kappa shape index (κ3) is 3.29. The smallest absolute Gasteiger partial charge is 0.0287 e. The van der Waals surface area contributed by atoms with Gasteiger partial charge in [-0.05, 0) is 36.5 Å². The molecular formula is C14H30. The third-order valence-electron chi connectivity index (χ3n) is 3.37. The van der Waals surface area contributed by atoms with E-state index >= 15 is 0 Å². The molecule has 86 valence electrons. The molecular weight excluding hydrogens is 168 g/mol. The van der Waals surface area contributed by atoms with Crippen molar-refractivity contribution in [2.45, 2.75) is 80.1 Å². The number of rotatable bonds is 0. The quantitative estimate of drug-likeness (QED) is 0.487. The Morgan fingerprint density at radius 1 is 0.714 bits per heavy atom. The van der Waals surface area contributed by atoms with E-state index in [1.54, 1.807) is 0 Å². The van der Waals surface area contributed by atoms with Gasteiger partial charge >= 0.3 is 0 Å². The SMILES string of the molecule is CC.CC.CC1(C)CC2(CCCC2)C1. The Labute approximate surface area is 91.5 Å². The van der Waals surface area contributed by atoms with Gasteiger partial charge in [0.05, 0.1) is 0 Å². The molecule has 0 bridgehead atoms. The van der Waals surface area contributed by atoms with Gasteiger partial charge in [0.2, 0.25) is 0 Å². The van der Waals surface area contributed by atoms with Gasteiger partial charge in [-0.15, -0.1) is 0 Å². The fraction of sp³-hybridized carbons (Fsp3) is 1.00. The molecule has 0 unspecified atom stereocenters. The molecule has 0 atom stereocenters. The van der Waals surface area contributed by atoms with E-state index in [2.05, 4.69) is 13.8 Å². The zero-order valence-corrected chi connectivity index (χ0v) is 11.2. The Morgan fingerprint density at radius 3 is 1.36 bits per heavy atom. The highest BCUT2D eigenvalue weighted by atomic mass is 14.5. The molecule has 2 aliphatic rings. The Bertz CT molecular complexity index is 128. The molecule has 14 heavy (non-hydrogen) atoms. The van der Waals surface area contributed by atoms with Crippen LogP contribution in [-0.2, 0) is 0 Å². The van der Waals surface area contributed by atoms with E-state index in [4.69, 9.17) is 0 Å². The van der Waals surface area contributed by atoms with Gasteiger partial charge in [-0.25, -0.2) is 0 Å². The molecule has 0 nitrogen and oxygen atoms in total. The zero-order chi connectivity index (χ0) is 11.2. The van der Waals surface area contributed by atoms with Crippen LogP contribution in [0.15, 0.2) is 0 Å². The van der Waals surface area contributed by atoms with Crippen molar-refractivity contribution in [3.63, 3.8) is 0 Å². The summed E-state index contributed by atoms with van der Waals surface area (Å²) < 4.78 is 0. The summed E-state index contributed by atoms with van der Waals surface area (Å²) in [5, 5.41) is 0. The Hall–Kier alpha value is 0. The summed E-state index contributed by atoms with van der Waals surface area (Å²) in [6.45, 7) is 12.8. The Kier molecular flexibility index (Phi) is 5.78. The van der Waals surface area contributed by atoms with Crippen LogP contribution < -0.4 is 0 Å². The van der Waals surface area contributed by atoms with Crippen LogP contribution in [0, 0.1) is 10.8 Å². The van der Waals surface area contributed by atoms with E-state index in [1.165, 1.54) is 38.5 Å². The first kappa shape index (κ1) is 14.0. The molecule has 0 heteroatoms. The molecule has 2 fully saturated rings. The molecule has 0 aromatic heterocycles. The molecule has 0 aromatic carbocycles. The van der Waals surface area contributed by atoms with Gasteiger partial charge in [0, 0.05) is 0 Å². The van der Waals surface area contributed by atoms with Gasteiger partial charge in [0.25, 0.3) is 0 Å². The lowest BCUT2D eigenvalue weighted by Gasteiger charge is -2.51. The summed E-state index contributed by atoms with van der Waals surface area (Å²) in [7, 11) is 0. The monoisotopic (exact) mass is 198 g/mol. The van der Waals surface area contributed by atoms with Gasteiger partial charge < -0.3 is 0 Å². The maximum atomic E-state index is 2.41. The van der Waals surface area contributed by atoms with Crippen LogP contribution in [0.5, 0.6) is 0 Å². The number of hydrogen-bond donors (Lipinski definition) is 0. The van der Waals surface area contributed by atoms with Crippen molar-refractivity contribution in [1.82, 2.24) is 0 Å². The highest BCUT2D eigenvalue weighted by molar-refractivity contribution is 5.00. The van der Waals surface area contributed by atoms with E-state index in [-0.39, 0.29) is 0 Å². The molecule has 2 rings (SSSR count). The van der Waals surface area contributed by atoms with Crippen LogP contribution in [0.1, 0.15) is 80.1 Å². The van der Waals surface area contributed by atoms with E-state index in [0.717, 1.165) is 5.41 Å². The second-order valence-corrected chi connectivity index (χ2v) is 5.22. The second-order valence-electron chi connectivity index (χ2n) is 5.22. The third-order valence-corrected chi connectivity index (χ3v) is 3.37. The van der Waals surface area contributed by atoms with Crippen LogP contribution in [0.2, 0.25) is 0 Å². The zero-order valence-electron chi connectivity index (χ0n) is 11.2. The second kappa shape index (κ2) is 5.78. The number of hydrogen-bond acceptors (Lipinski definition) is 0. The van der Waals surface area contributed by atoms with Crippen molar-refractivity contribution in [2.75, 3.05) is 0 Å². The molecule has 1 spiro atoms. The molecule has 0 heterocycles. The topological polar surface area (TPSA) is 0 Å². The van der Waals surface area contributed by atoms with E-state index in [9.17, 15) is 0 Å². The summed E-state index contributed by atoms with van der Waals surface area (Å²) >= 11 is 0. The van der Waals surface area contributed by atoms with Crippen molar-refractivity contribution in [3.8, 4) is 0 Å². The molecule has 2 aliphatic carbocycles. The summed E-state index contributed by atoms with van der Waals surface area (Å²) in [6, 6.07) is 0. The lowest BCUT2D eigenvalue weighted by molar-refractivity contribution is -0.00679. The predicted molar refractivity (Wildman–Crippen MR) is 66.6 cm³/mol. The molecule has 0 radical (unpaired) electrons. The van der Waals surface area contributed by atoms with Crippen LogP contribution >= 0.6 is 0 Å². The highest BCUT2D eigenvalue weighted by Gasteiger charge is 2.49. The normalized spacial score (nSPS) is 25.3. The maximum Gasteiger partial charge on any atom is -0.0287 e. The van der Waals surface area contributed by atoms with E-state index in [1.807, 2.05) is 27.7 Å². The summed E-state index contributed by atoms with van der Waals surface area (Å²) in [5.41, 5.74) is 1.55. The summed E-state index contributed by atoms with van der Waals surface area (Å²) in [6.07, 6.45) is 9.12. The minimum atomic E-state index is 0.699. The molecule has 0 saturated heterocycles. The van der Waals surface area contributed by atoms with Crippen LogP contribution in [0.4, 0.5) is 0 Å². The minimum Gasteiger partial charge on any atom is -0.0683 e. The summed E-state index contributed by atoms with van der Waals surface area (Å²) in [4.78, 5) is 0. The first-order valence-corrected chi connectivity index (χ1v) is 6.62. The van der Waals surface area contributed by atoms with Crippen LogP contribution in [0.25, 0.3) is 0 Å². The largest absolute Gasteiger partial charge is 0.0683 e.